The van der Waals surface area contributed by atoms with E-state index in [9.17, 15) is 13.6 Å². The predicted molar refractivity (Wildman–Crippen MR) is 110 cm³/mol. The van der Waals surface area contributed by atoms with Crippen LogP contribution >= 0.6 is 11.3 Å². The molecule has 0 radical (unpaired) electrons. The number of benzene rings is 1. The Morgan fingerprint density at radius 1 is 1.21 bits per heavy atom. The van der Waals surface area contributed by atoms with E-state index >= 15 is 0 Å². The first-order chi connectivity index (χ1) is 13.8. The number of aromatic nitrogens is 2. The molecular formula is C20H22F2N5OS+. The van der Waals surface area contributed by atoms with Crippen LogP contribution in [-0.4, -0.2) is 49.1 Å². The number of fused-ring (bicyclic) bond motifs is 1. The van der Waals surface area contributed by atoms with Crippen LogP contribution in [0, 0.1) is 25.5 Å². The molecule has 1 fully saturated rings. The third-order valence-electron chi connectivity index (χ3n) is 5.18. The van der Waals surface area contributed by atoms with Gasteiger partial charge in [0.25, 0.3) is 5.91 Å². The van der Waals surface area contributed by atoms with E-state index in [0.717, 1.165) is 59.9 Å². The SMILES string of the molecule is Cc1nc(N2CC[NH+](C)CC2)c2c(C)c(C(=O)Nc3ccc(F)cc3F)sc2n1. The van der Waals surface area contributed by atoms with E-state index in [2.05, 4.69) is 27.2 Å². The first-order valence-electron chi connectivity index (χ1n) is 9.44. The number of thiophene rings is 1. The maximum absolute atomic E-state index is 13.9. The van der Waals surface area contributed by atoms with Gasteiger partial charge >= 0.3 is 0 Å². The molecule has 9 heteroatoms. The largest absolute Gasteiger partial charge is 0.345 e. The van der Waals surface area contributed by atoms with Gasteiger partial charge in [-0.2, -0.15) is 0 Å². The fourth-order valence-corrected chi connectivity index (χ4v) is 4.65. The van der Waals surface area contributed by atoms with Crippen LogP contribution < -0.4 is 15.1 Å². The lowest BCUT2D eigenvalue weighted by molar-refractivity contribution is -0.880. The average molecular weight is 418 g/mol. The van der Waals surface area contributed by atoms with Gasteiger partial charge in [0.1, 0.15) is 28.1 Å². The summed E-state index contributed by atoms with van der Waals surface area (Å²) in [5.74, 6) is -0.448. The highest BCUT2D eigenvalue weighted by Crippen LogP contribution is 2.36. The highest BCUT2D eigenvalue weighted by atomic mass is 32.1. The molecule has 0 bridgehead atoms. The molecule has 1 amide bonds. The van der Waals surface area contributed by atoms with Crippen LogP contribution in [0.3, 0.4) is 0 Å². The van der Waals surface area contributed by atoms with Gasteiger partial charge in [0.05, 0.1) is 49.2 Å². The summed E-state index contributed by atoms with van der Waals surface area (Å²) in [6, 6.07) is 3.07. The first-order valence-corrected chi connectivity index (χ1v) is 10.3. The Morgan fingerprint density at radius 2 is 1.93 bits per heavy atom. The Morgan fingerprint density at radius 3 is 2.62 bits per heavy atom. The van der Waals surface area contributed by atoms with E-state index in [4.69, 9.17) is 0 Å². The summed E-state index contributed by atoms with van der Waals surface area (Å²) in [5.41, 5.74) is 0.712. The number of nitrogens with one attached hydrogen (secondary N) is 2. The van der Waals surface area contributed by atoms with Crippen molar-refractivity contribution in [1.82, 2.24) is 9.97 Å². The number of rotatable bonds is 3. The summed E-state index contributed by atoms with van der Waals surface area (Å²) in [5, 5.41) is 3.41. The number of nitrogens with zero attached hydrogens (tertiary/aromatic N) is 3. The monoisotopic (exact) mass is 418 g/mol. The standard InChI is InChI=1S/C20H21F2N5OS/c1-11-16-18(27-8-6-26(3)7-9-27)23-12(2)24-20(16)29-17(11)19(28)25-15-5-4-13(21)10-14(15)22/h4-5,10H,6-9H2,1-3H3,(H,25,28)/p+1. The minimum atomic E-state index is -0.812. The molecule has 2 N–H and O–H groups in total. The highest BCUT2D eigenvalue weighted by molar-refractivity contribution is 7.20. The number of hydrogen-bond acceptors (Lipinski definition) is 5. The summed E-state index contributed by atoms with van der Waals surface area (Å²) in [4.78, 5) is 26.9. The summed E-state index contributed by atoms with van der Waals surface area (Å²) >= 11 is 1.26. The fraction of sp³-hybridized carbons (Fsp3) is 0.350. The molecule has 152 valence electrons. The molecule has 1 aliphatic rings. The van der Waals surface area contributed by atoms with Crippen LogP contribution in [0.15, 0.2) is 18.2 Å². The number of carbonyl (C=O) groups excluding carboxylic acids is 1. The van der Waals surface area contributed by atoms with Crippen LogP contribution in [0.5, 0.6) is 0 Å². The second-order valence-corrected chi connectivity index (χ2v) is 8.35. The van der Waals surface area contributed by atoms with E-state index in [-0.39, 0.29) is 5.69 Å². The number of halogens is 2. The van der Waals surface area contributed by atoms with Gasteiger partial charge in [-0.3, -0.25) is 4.79 Å². The molecule has 0 atom stereocenters. The minimum absolute atomic E-state index is 0.0576. The van der Waals surface area contributed by atoms with Crippen molar-refractivity contribution in [3.63, 3.8) is 0 Å². The van der Waals surface area contributed by atoms with Gasteiger partial charge in [-0.25, -0.2) is 18.7 Å². The lowest BCUT2D eigenvalue weighted by atomic mass is 10.1. The summed E-state index contributed by atoms with van der Waals surface area (Å²) in [6.07, 6.45) is 0. The first kappa shape index (κ1) is 19.7. The molecule has 3 aromatic rings. The molecule has 6 nitrogen and oxygen atoms in total. The molecule has 4 rings (SSSR count). The molecule has 0 aliphatic carbocycles. The van der Waals surface area contributed by atoms with Gasteiger partial charge in [-0.1, -0.05) is 0 Å². The number of piperazine rings is 1. The van der Waals surface area contributed by atoms with Gasteiger partial charge in [-0.05, 0) is 31.5 Å². The Balaban J connectivity index is 1.71. The molecule has 1 aromatic carbocycles. The van der Waals surface area contributed by atoms with E-state index in [1.54, 1.807) is 0 Å². The molecule has 1 aliphatic heterocycles. The second kappa shape index (κ2) is 7.64. The number of quaternary nitrogens is 1. The maximum atomic E-state index is 13.9. The van der Waals surface area contributed by atoms with Crippen LogP contribution in [0.4, 0.5) is 20.3 Å². The zero-order valence-corrected chi connectivity index (χ0v) is 17.3. The molecule has 0 unspecified atom stereocenters. The van der Waals surface area contributed by atoms with Crippen molar-refractivity contribution < 1.29 is 18.5 Å². The Labute approximate surface area is 171 Å². The lowest BCUT2D eigenvalue weighted by Crippen LogP contribution is -3.12. The number of hydrogen-bond donors (Lipinski definition) is 2. The van der Waals surface area contributed by atoms with E-state index in [1.807, 2.05) is 13.8 Å². The summed E-state index contributed by atoms with van der Waals surface area (Å²) in [7, 11) is 2.17. The van der Waals surface area contributed by atoms with Crippen molar-refractivity contribution in [3.05, 3.63) is 46.1 Å². The third-order valence-corrected chi connectivity index (χ3v) is 6.37. The molecule has 3 heterocycles. The van der Waals surface area contributed by atoms with Crippen LogP contribution in [0.25, 0.3) is 10.2 Å². The van der Waals surface area contributed by atoms with Crippen molar-refractivity contribution in [2.75, 3.05) is 43.4 Å². The van der Waals surface area contributed by atoms with Gasteiger partial charge < -0.3 is 15.1 Å². The molecule has 0 saturated carbocycles. The number of anilines is 2. The normalized spacial score (nSPS) is 15.1. The van der Waals surface area contributed by atoms with Crippen molar-refractivity contribution in [3.8, 4) is 0 Å². The quantitative estimate of drug-likeness (QED) is 0.685. The number of aryl methyl sites for hydroxylation is 2. The Hall–Kier alpha value is -2.65. The summed E-state index contributed by atoms with van der Waals surface area (Å²) < 4.78 is 27.1. The van der Waals surface area contributed by atoms with E-state index in [0.29, 0.717) is 10.7 Å². The van der Waals surface area contributed by atoms with Crippen molar-refractivity contribution in [1.29, 1.82) is 0 Å². The number of amides is 1. The second-order valence-electron chi connectivity index (χ2n) is 7.35. The van der Waals surface area contributed by atoms with Crippen LogP contribution in [-0.2, 0) is 0 Å². The van der Waals surface area contributed by atoms with Gasteiger partial charge in [0.2, 0.25) is 0 Å². The van der Waals surface area contributed by atoms with Gasteiger partial charge in [0.15, 0.2) is 0 Å². The average Bonchev–Trinajstić information content (AvgIpc) is 3.00. The molecule has 1 saturated heterocycles. The molecular weight excluding hydrogens is 396 g/mol. The van der Waals surface area contributed by atoms with Crippen molar-refractivity contribution in [2.24, 2.45) is 0 Å². The Kier molecular flexibility index (Phi) is 5.18. The van der Waals surface area contributed by atoms with Gasteiger partial charge in [-0.15, -0.1) is 11.3 Å². The minimum Gasteiger partial charge on any atom is -0.345 e. The van der Waals surface area contributed by atoms with E-state index < -0.39 is 17.5 Å². The van der Waals surface area contributed by atoms with E-state index in [1.165, 1.54) is 22.3 Å². The molecule has 2 aromatic heterocycles. The van der Waals surface area contributed by atoms with Crippen molar-refractivity contribution in [2.45, 2.75) is 13.8 Å². The number of likely N-dealkylation sites (N-methyl/N-ethyl adjacent to an activating group) is 1. The molecule has 29 heavy (non-hydrogen) atoms. The highest BCUT2D eigenvalue weighted by Gasteiger charge is 2.25. The zero-order valence-electron chi connectivity index (χ0n) is 16.5. The maximum Gasteiger partial charge on any atom is 0.266 e. The van der Waals surface area contributed by atoms with Crippen LogP contribution in [0.2, 0.25) is 0 Å². The van der Waals surface area contributed by atoms with Crippen molar-refractivity contribution >= 4 is 39.0 Å². The third kappa shape index (κ3) is 3.79. The smallest absolute Gasteiger partial charge is 0.266 e. The fourth-order valence-electron chi connectivity index (χ4n) is 3.54. The summed E-state index contributed by atoms with van der Waals surface area (Å²) in [6.45, 7) is 7.51. The molecule has 0 spiro atoms. The van der Waals surface area contributed by atoms with Gasteiger partial charge in [0, 0.05) is 6.07 Å². The zero-order chi connectivity index (χ0) is 20.7. The topological polar surface area (TPSA) is 62.6 Å². The number of carbonyl (C=O) groups is 1. The Bertz CT molecular complexity index is 1090. The predicted octanol–water partition coefficient (Wildman–Crippen LogP) is 2.17. The lowest BCUT2D eigenvalue weighted by Gasteiger charge is -2.31. The van der Waals surface area contributed by atoms with Crippen LogP contribution in [0.1, 0.15) is 21.1 Å².